The van der Waals surface area contributed by atoms with Gasteiger partial charge in [0.05, 0.1) is 0 Å². The van der Waals surface area contributed by atoms with Crippen molar-refractivity contribution >= 4 is 0 Å². The molecule has 0 saturated carbocycles. The lowest BCUT2D eigenvalue weighted by molar-refractivity contribution is 0.105. The van der Waals surface area contributed by atoms with Crippen LogP contribution in [0.3, 0.4) is 0 Å². The van der Waals surface area contributed by atoms with Crippen LogP contribution in [-0.4, -0.2) is 18.5 Å². The zero-order chi connectivity index (χ0) is 8.70. The standard InChI is InChI=1S/C10H19N/c1-9(2)6-7-11(5)8-10(9,3)4/h6-7H,8H2,1-5H3. The largest absolute Gasteiger partial charge is 0.380 e. The van der Waals surface area contributed by atoms with Crippen molar-refractivity contribution in [3.63, 3.8) is 0 Å². The van der Waals surface area contributed by atoms with Crippen molar-refractivity contribution in [1.82, 2.24) is 4.90 Å². The molecule has 0 aromatic rings. The molecule has 0 spiro atoms. The van der Waals surface area contributed by atoms with Crippen LogP contribution in [-0.2, 0) is 0 Å². The van der Waals surface area contributed by atoms with Crippen LogP contribution in [0, 0.1) is 10.8 Å². The van der Waals surface area contributed by atoms with E-state index in [1.807, 2.05) is 0 Å². The van der Waals surface area contributed by atoms with Crippen molar-refractivity contribution in [2.24, 2.45) is 10.8 Å². The molecule has 0 radical (unpaired) electrons. The van der Waals surface area contributed by atoms with Gasteiger partial charge in [0.15, 0.2) is 0 Å². The summed E-state index contributed by atoms with van der Waals surface area (Å²) in [5, 5.41) is 0. The van der Waals surface area contributed by atoms with Crippen molar-refractivity contribution in [1.29, 1.82) is 0 Å². The third-order valence-electron chi connectivity index (χ3n) is 3.13. The Kier molecular flexibility index (Phi) is 1.78. The number of allylic oxidation sites excluding steroid dienone is 1. The van der Waals surface area contributed by atoms with E-state index in [0.29, 0.717) is 10.8 Å². The molecule has 0 atom stereocenters. The van der Waals surface area contributed by atoms with Crippen LogP contribution in [0.15, 0.2) is 12.3 Å². The molecule has 0 aliphatic carbocycles. The third kappa shape index (κ3) is 1.42. The number of hydrogen-bond donors (Lipinski definition) is 0. The van der Waals surface area contributed by atoms with Gasteiger partial charge >= 0.3 is 0 Å². The molecule has 0 aromatic carbocycles. The van der Waals surface area contributed by atoms with Gasteiger partial charge in [-0.25, -0.2) is 0 Å². The first-order valence-corrected chi connectivity index (χ1v) is 4.25. The fourth-order valence-corrected chi connectivity index (χ4v) is 1.42. The van der Waals surface area contributed by atoms with Crippen LogP contribution in [0.5, 0.6) is 0 Å². The fourth-order valence-electron chi connectivity index (χ4n) is 1.42. The van der Waals surface area contributed by atoms with E-state index in [9.17, 15) is 0 Å². The minimum absolute atomic E-state index is 0.333. The Morgan fingerprint density at radius 1 is 1.18 bits per heavy atom. The average Bonchev–Trinajstić information content (AvgIpc) is 1.80. The van der Waals surface area contributed by atoms with E-state index < -0.39 is 0 Å². The molecule has 0 amide bonds. The van der Waals surface area contributed by atoms with Gasteiger partial charge in [-0.3, -0.25) is 0 Å². The predicted octanol–water partition coefficient (Wildman–Crippen LogP) is 2.50. The summed E-state index contributed by atoms with van der Waals surface area (Å²) in [6.45, 7) is 10.4. The van der Waals surface area contributed by atoms with Crippen LogP contribution < -0.4 is 0 Å². The second kappa shape index (κ2) is 2.26. The highest BCUT2D eigenvalue weighted by Gasteiger charge is 2.37. The maximum Gasteiger partial charge on any atom is 0.0228 e. The molecule has 1 heterocycles. The highest BCUT2D eigenvalue weighted by atomic mass is 15.1. The highest BCUT2D eigenvalue weighted by molar-refractivity contribution is 5.07. The average molecular weight is 153 g/mol. The minimum Gasteiger partial charge on any atom is -0.380 e. The zero-order valence-corrected chi connectivity index (χ0v) is 8.31. The van der Waals surface area contributed by atoms with Crippen LogP contribution >= 0.6 is 0 Å². The van der Waals surface area contributed by atoms with Gasteiger partial charge in [-0.1, -0.05) is 33.8 Å². The molecule has 0 saturated heterocycles. The van der Waals surface area contributed by atoms with Gasteiger partial charge in [0.25, 0.3) is 0 Å². The summed E-state index contributed by atoms with van der Waals surface area (Å²) in [7, 11) is 2.13. The minimum atomic E-state index is 0.333. The lowest BCUT2D eigenvalue weighted by atomic mass is 9.66. The lowest BCUT2D eigenvalue weighted by Gasteiger charge is -2.45. The van der Waals surface area contributed by atoms with Crippen molar-refractivity contribution in [2.45, 2.75) is 27.7 Å². The summed E-state index contributed by atoms with van der Waals surface area (Å²) < 4.78 is 0. The first-order chi connectivity index (χ1) is 4.85. The Balaban J connectivity index is 2.91. The van der Waals surface area contributed by atoms with Gasteiger partial charge in [-0.2, -0.15) is 0 Å². The topological polar surface area (TPSA) is 3.24 Å². The number of nitrogens with zero attached hydrogens (tertiary/aromatic N) is 1. The first-order valence-electron chi connectivity index (χ1n) is 4.25. The molecule has 11 heavy (non-hydrogen) atoms. The van der Waals surface area contributed by atoms with E-state index >= 15 is 0 Å². The molecule has 64 valence electrons. The molecular formula is C10H19N. The zero-order valence-electron chi connectivity index (χ0n) is 8.31. The summed E-state index contributed by atoms with van der Waals surface area (Å²) in [5.74, 6) is 0. The Bertz CT molecular complexity index is 177. The van der Waals surface area contributed by atoms with Gasteiger partial charge in [-0.15, -0.1) is 0 Å². The molecule has 0 N–H and O–H groups in total. The van der Waals surface area contributed by atoms with Crippen LogP contribution in [0.4, 0.5) is 0 Å². The van der Waals surface area contributed by atoms with Crippen LogP contribution in [0.1, 0.15) is 27.7 Å². The first kappa shape index (κ1) is 8.63. The smallest absolute Gasteiger partial charge is 0.0228 e. The fraction of sp³-hybridized carbons (Fsp3) is 0.800. The summed E-state index contributed by atoms with van der Waals surface area (Å²) in [6, 6.07) is 0. The van der Waals surface area contributed by atoms with Gasteiger partial charge in [0.1, 0.15) is 0 Å². The van der Waals surface area contributed by atoms with Crippen molar-refractivity contribution in [3.8, 4) is 0 Å². The summed E-state index contributed by atoms with van der Waals surface area (Å²) >= 11 is 0. The molecule has 1 aliphatic rings. The molecular weight excluding hydrogens is 134 g/mol. The second-order valence-electron chi connectivity index (χ2n) is 4.84. The van der Waals surface area contributed by atoms with Crippen molar-refractivity contribution in [2.75, 3.05) is 13.6 Å². The quantitative estimate of drug-likeness (QED) is 0.517. The van der Waals surface area contributed by atoms with Gasteiger partial charge in [0.2, 0.25) is 0 Å². The van der Waals surface area contributed by atoms with Gasteiger partial charge in [0, 0.05) is 13.6 Å². The third-order valence-corrected chi connectivity index (χ3v) is 3.13. The molecule has 1 nitrogen and oxygen atoms in total. The van der Waals surface area contributed by atoms with E-state index in [1.165, 1.54) is 0 Å². The predicted molar refractivity (Wildman–Crippen MR) is 49.3 cm³/mol. The molecule has 0 bridgehead atoms. The van der Waals surface area contributed by atoms with Crippen molar-refractivity contribution in [3.05, 3.63) is 12.3 Å². The summed E-state index contributed by atoms with van der Waals surface area (Å²) in [6.07, 6.45) is 4.49. The Hall–Kier alpha value is -0.460. The lowest BCUT2D eigenvalue weighted by Crippen LogP contribution is -2.42. The van der Waals surface area contributed by atoms with E-state index in [-0.39, 0.29) is 0 Å². The van der Waals surface area contributed by atoms with Gasteiger partial charge < -0.3 is 4.90 Å². The van der Waals surface area contributed by atoms with Crippen molar-refractivity contribution < 1.29 is 0 Å². The number of hydrogen-bond acceptors (Lipinski definition) is 1. The molecule has 0 aromatic heterocycles. The normalized spacial score (nSPS) is 27.2. The Labute approximate surface area is 70.1 Å². The molecule has 0 fully saturated rings. The number of rotatable bonds is 0. The maximum atomic E-state index is 2.33. The Morgan fingerprint density at radius 2 is 1.73 bits per heavy atom. The summed E-state index contributed by atoms with van der Waals surface area (Å²) in [5.41, 5.74) is 0.718. The molecule has 1 aliphatic heterocycles. The SMILES string of the molecule is CN1C=CC(C)(C)C(C)(C)C1. The van der Waals surface area contributed by atoms with Crippen LogP contribution in [0.2, 0.25) is 0 Å². The second-order valence-corrected chi connectivity index (χ2v) is 4.84. The highest BCUT2D eigenvalue weighted by Crippen LogP contribution is 2.42. The summed E-state index contributed by atoms with van der Waals surface area (Å²) in [4.78, 5) is 2.26. The molecule has 1 rings (SSSR count). The molecule has 1 heteroatoms. The Morgan fingerprint density at radius 3 is 2.09 bits per heavy atom. The van der Waals surface area contributed by atoms with Crippen LogP contribution in [0.25, 0.3) is 0 Å². The van der Waals surface area contributed by atoms with E-state index in [0.717, 1.165) is 6.54 Å². The molecule has 0 unspecified atom stereocenters. The van der Waals surface area contributed by atoms with E-state index in [2.05, 4.69) is 51.9 Å². The maximum absolute atomic E-state index is 2.33. The van der Waals surface area contributed by atoms with E-state index in [4.69, 9.17) is 0 Å². The van der Waals surface area contributed by atoms with Gasteiger partial charge in [-0.05, 0) is 17.0 Å². The monoisotopic (exact) mass is 153 g/mol. The van der Waals surface area contributed by atoms with E-state index in [1.54, 1.807) is 0 Å².